The maximum absolute atomic E-state index is 12.8. The first-order valence-electron chi connectivity index (χ1n) is 9.72. The number of halogens is 2. The Labute approximate surface area is 180 Å². The number of ether oxygens (including phenoxy) is 1. The zero-order valence-corrected chi connectivity index (χ0v) is 17.4. The van der Waals surface area contributed by atoms with Crippen LogP contribution in [0.2, 0.25) is 10.0 Å². The standard InChI is InChI=1S/C22H22Cl2N2O3/c23-15-5-7-16(8-6-15)29-14-21(27)25-9-11-26(12-10-25)22(28)19-13-18(19)17-3-1-2-4-20(17)24/h1-8,18-19H,9-14H2. The largest absolute Gasteiger partial charge is 0.484 e. The van der Waals surface area contributed by atoms with Crippen molar-refractivity contribution in [3.63, 3.8) is 0 Å². The number of amides is 2. The second-order valence-corrected chi connectivity index (χ2v) is 8.26. The van der Waals surface area contributed by atoms with E-state index in [4.69, 9.17) is 27.9 Å². The molecule has 2 aliphatic rings. The Morgan fingerprint density at radius 3 is 2.28 bits per heavy atom. The molecule has 0 aromatic heterocycles. The van der Waals surface area contributed by atoms with Crippen LogP contribution in [0.4, 0.5) is 0 Å². The molecule has 5 nitrogen and oxygen atoms in total. The Bertz CT molecular complexity index is 895. The van der Waals surface area contributed by atoms with Crippen LogP contribution in [0.3, 0.4) is 0 Å². The molecule has 29 heavy (non-hydrogen) atoms. The topological polar surface area (TPSA) is 49.9 Å². The second-order valence-electron chi connectivity index (χ2n) is 7.42. The van der Waals surface area contributed by atoms with E-state index in [1.165, 1.54) is 0 Å². The highest BCUT2D eigenvalue weighted by molar-refractivity contribution is 6.31. The fourth-order valence-corrected chi connectivity index (χ4v) is 4.17. The van der Waals surface area contributed by atoms with Crippen molar-refractivity contribution in [3.8, 4) is 5.75 Å². The van der Waals surface area contributed by atoms with Crippen LogP contribution >= 0.6 is 23.2 Å². The van der Waals surface area contributed by atoms with E-state index in [1.807, 2.05) is 29.2 Å². The highest BCUT2D eigenvalue weighted by Gasteiger charge is 2.46. The van der Waals surface area contributed by atoms with Gasteiger partial charge in [0.25, 0.3) is 5.91 Å². The maximum Gasteiger partial charge on any atom is 0.260 e. The molecule has 2 amide bonds. The summed E-state index contributed by atoms with van der Waals surface area (Å²) >= 11 is 12.1. The van der Waals surface area contributed by atoms with E-state index in [-0.39, 0.29) is 30.3 Å². The van der Waals surface area contributed by atoms with Gasteiger partial charge in [0.2, 0.25) is 5.91 Å². The van der Waals surface area contributed by atoms with Crippen LogP contribution < -0.4 is 4.74 Å². The molecule has 2 atom stereocenters. The van der Waals surface area contributed by atoms with Crippen molar-refractivity contribution in [2.24, 2.45) is 5.92 Å². The third kappa shape index (κ3) is 4.68. The molecule has 2 unspecified atom stereocenters. The fraction of sp³-hybridized carbons (Fsp3) is 0.364. The zero-order valence-electron chi connectivity index (χ0n) is 15.9. The van der Waals surface area contributed by atoms with E-state index in [2.05, 4.69) is 0 Å². The molecule has 2 aromatic rings. The number of hydrogen-bond acceptors (Lipinski definition) is 3. The monoisotopic (exact) mass is 432 g/mol. The smallest absolute Gasteiger partial charge is 0.260 e. The molecule has 4 rings (SSSR count). The van der Waals surface area contributed by atoms with Crippen LogP contribution in [0, 0.1) is 5.92 Å². The summed E-state index contributed by atoms with van der Waals surface area (Å²) in [5.74, 6) is 0.914. The number of carbonyl (C=O) groups is 2. The molecule has 1 saturated heterocycles. The van der Waals surface area contributed by atoms with Crippen molar-refractivity contribution in [3.05, 3.63) is 64.1 Å². The summed E-state index contributed by atoms with van der Waals surface area (Å²) in [6, 6.07) is 14.6. The molecular weight excluding hydrogens is 411 g/mol. The SMILES string of the molecule is O=C(COc1ccc(Cl)cc1)N1CCN(C(=O)C2CC2c2ccccc2Cl)CC1. The Balaban J connectivity index is 1.24. The number of carbonyl (C=O) groups excluding carboxylic acids is 2. The molecule has 2 fully saturated rings. The fourth-order valence-electron chi connectivity index (χ4n) is 3.77. The summed E-state index contributed by atoms with van der Waals surface area (Å²) in [7, 11) is 0. The number of piperazine rings is 1. The summed E-state index contributed by atoms with van der Waals surface area (Å²) < 4.78 is 5.53. The number of nitrogens with zero attached hydrogens (tertiary/aromatic N) is 2. The summed E-state index contributed by atoms with van der Waals surface area (Å²) in [5, 5.41) is 1.35. The van der Waals surface area contributed by atoms with Crippen LogP contribution in [0.25, 0.3) is 0 Å². The van der Waals surface area contributed by atoms with E-state index >= 15 is 0 Å². The normalized spacial score (nSPS) is 21.0. The van der Waals surface area contributed by atoms with Crippen molar-refractivity contribution in [1.29, 1.82) is 0 Å². The van der Waals surface area contributed by atoms with Gasteiger partial charge in [-0.1, -0.05) is 41.4 Å². The number of rotatable bonds is 5. The van der Waals surface area contributed by atoms with Crippen molar-refractivity contribution < 1.29 is 14.3 Å². The van der Waals surface area contributed by atoms with Gasteiger partial charge in [-0.25, -0.2) is 0 Å². The molecule has 7 heteroatoms. The predicted molar refractivity (Wildman–Crippen MR) is 112 cm³/mol. The van der Waals surface area contributed by atoms with E-state index < -0.39 is 0 Å². The molecule has 1 heterocycles. The van der Waals surface area contributed by atoms with Crippen LogP contribution in [-0.2, 0) is 9.59 Å². The van der Waals surface area contributed by atoms with Crippen molar-refractivity contribution >= 4 is 35.0 Å². The molecule has 152 valence electrons. The van der Waals surface area contributed by atoms with Crippen molar-refractivity contribution in [1.82, 2.24) is 9.80 Å². The van der Waals surface area contributed by atoms with Gasteiger partial charge in [0.1, 0.15) is 5.75 Å². The Kier molecular flexibility index (Phi) is 5.97. The van der Waals surface area contributed by atoms with Crippen molar-refractivity contribution in [2.75, 3.05) is 32.8 Å². The number of benzene rings is 2. The van der Waals surface area contributed by atoms with Gasteiger partial charge in [-0.2, -0.15) is 0 Å². The first-order valence-corrected chi connectivity index (χ1v) is 10.5. The third-order valence-electron chi connectivity index (χ3n) is 5.53. The molecule has 0 spiro atoms. The Morgan fingerprint density at radius 2 is 1.59 bits per heavy atom. The average molecular weight is 433 g/mol. The first kappa shape index (κ1) is 20.0. The van der Waals surface area contributed by atoms with Crippen LogP contribution in [0.15, 0.2) is 48.5 Å². The van der Waals surface area contributed by atoms with E-state index in [0.717, 1.165) is 17.0 Å². The summed E-state index contributed by atoms with van der Waals surface area (Å²) in [5.41, 5.74) is 1.06. The molecule has 0 bridgehead atoms. The zero-order chi connectivity index (χ0) is 20.4. The van der Waals surface area contributed by atoms with Crippen molar-refractivity contribution in [2.45, 2.75) is 12.3 Å². The van der Waals surface area contributed by atoms with Gasteiger partial charge in [-0.15, -0.1) is 0 Å². The van der Waals surface area contributed by atoms with Crippen LogP contribution in [-0.4, -0.2) is 54.4 Å². The molecule has 1 aliphatic carbocycles. The van der Waals surface area contributed by atoms with Gasteiger partial charge < -0.3 is 14.5 Å². The van der Waals surface area contributed by atoms with Crippen LogP contribution in [0.5, 0.6) is 5.75 Å². The lowest BCUT2D eigenvalue weighted by Crippen LogP contribution is -2.52. The molecule has 0 radical (unpaired) electrons. The summed E-state index contributed by atoms with van der Waals surface area (Å²) in [6.45, 7) is 2.14. The minimum atomic E-state index is -0.0765. The third-order valence-corrected chi connectivity index (χ3v) is 6.13. The summed E-state index contributed by atoms with van der Waals surface area (Å²) in [4.78, 5) is 28.8. The van der Waals surface area contributed by atoms with Gasteiger partial charge in [0.15, 0.2) is 6.61 Å². The van der Waals surface area contributed by atoms with Gasteiger partial charge >= 0.3 is 0 Å². The molecule has 1 aliphatic heterocycles. The maximum atomic E-state index is 12.8. The summed E-state index contributed by atoms with van der Waals surface area (Å²) in [6.07, 6.45) is 0.844. The van der Waals surface area contributed by atoms with Gasteiger partial charge in [0, 0.05) is 42.1 Å². The van der Waals surface area contributed by atoms with Gasteiger partial charge in [0.05, 0.1) is 0 Å². The average Bonchev–Trinajstić information content (AvgIpc) is 3.54. The lowest BCUT2D eigenvalue weighted by Gasteiger charge is -2.35. The van der Waals surface area contributed by atoms with Gasteiger partial charge in [-0.3, -0.25) is 9.59 Å². The quantitative estimate of drug-likeness (QED) is 0.720. The van der Waals surface area contributed by atoms with E-state index in [1.54, 1.807) is 29.2 Å². The molecule has 1 saturated carbocycles. The lowest BCUT2D eigenvalue weighted by molar-refractivity contribution is -0.141. The van der Waals surface area contributed by atoms with Gasteiger partial charge in [-0.05, 0) is 48.2 Å². The highest BCUT2D eigenvalue weighted by atomic mass is 35.5. The number of hydrogen-bond donors (Lipinski definition) is 0. The molecule has 2 aromatic carbocycles. The predicted octanol–water partition coefficient (Wildman–Crippen LogP) is 3.85. The Morgan fingerprint density at radius 1 is 0.931 bits per heavy atom. The second kappa shape index (κ2) is 8.64. The van der Waals surface area contributed by atoms with Crippen LogP contribution in [0.1, 0.15) is 17.9 Å². The Hall–Kier alpha value is -2.24. The molecular formula is C22H22Cl2N2O3. The molecule has 0 N–H and O–H groups in total. The van der Waals surface area contributed by atoms with E-state index in [9.17, 15) is 9.59 Å². The minimum Gasteiger partial charge on any atom is -0.484 e. The first-order chi connectivity index (χ1) is 14.0. The highest BCUT2D eigenvalue weighted by Crippen LogP contribution is 2.50. The lowest BCUT2D eigenvalue weighted by atomic mass is 10.1. The minimum absolute atomic E-state index is 0.00499. The van der Waals surface area contributed by atoms with E-state index in [0.29, 0.717) is 37.0 Å².